The van der Waals surface area contributed by atoms with Crippen LogP contribution in [0.3, 0.4) is 0 Å². The lowest BCUT2D eigenvalue weighted by atomic mass is 9.88. The standard InChI is InChI=1S/C22H28N6O2/c23-16-7-9-17(10-8-16)27-12-2-4-15(13-27)21-25-22(30)28(26-21)18-5-1-3-14-6-11-19(29)24-20(14)18/h1,3,5-6,11,15-17H,2,4,7-10,12-13,23H2,(H,24,29)(H,25,26,30). The van der Waals surface area contributed by atoms with E-state index >= 15 is 0 Å². The molecule has 1 saturated heterocycles. The van der Waals surface area contributed by atoms with Crippen molar-refractivity contribution < 1.29 is 0 Å². The molecule has 8 heteroatoms. The first kappa shape index (κ1) is 19.3. The third-order valence-electron chi connectivity index (χ3n) is 6.70. The number of hydrogen-bond acceptors (Lipinski definition) is 5. The lowest BCUT2D eigenvalue weighted by Crippen LogP contribution is -2.45. The second kappa shape index (κ2) is 7.85. The minimum absolute atomic E-state index is 0.200. The second-order valence-electron chi connectivity index (χ2n) is 8.69. The van der Waals surface area contributed by atoms with Crippen LogP contribution in [-0.2, 0) is 0 Å². The molecule has 2 aromatic heterocycles. The number of benzene rings is 1. The van der Waals surface area contributed by atoms with Gasteiger partial charge in [0.25, 0.3) is 0 Å². The van der Waals surface area contributed by atoms with Gasteiger partial charge in [-0.25, -0.2) is 4.79 Å². The van der Waals surface area contributed by atoms with E-state index < -0.39 is 0 Å². The number of likely N-dealkylation sites (tertiary alicyclic amines) is 1. The average Bonchev–Trinajstić information content (AvgIpc) is 3.15. The number of para-hydroxylation sites is 1. The fraction of sp³-hybridized carbons (Fsp3) is 0.500. The first-order valence-corrected chi connectivity index (χ1v) is 10.9. The van der Waals surface area contributed by atoms with E-state index in [1.54, 1.807) is 6.07 Å². The van der Waals surface area contributed by atoms with E-state index in [1.807, 2.05) is 18.2 Å². The number of nitrogens with one attached hydrogen (secondary N) is 2. The Bertz CT molecular complexity index is 1150. The number of nitrogens with two attached hydrogens (primary N) is 1. The highest BCUT2D eigenvalue weighted by atomic mass is 16.2. The molecule has 2 aliphatic rings. The molecule has 1 aliphatic carbocycles. The summed E-state index contributed by atoms with van der Waals surface area (Å²) in [6.07, 6.45) is 6.61. The van der Waals surface area contributed by atoms with Crippen LogP contribution in [0.2, 0.25) is 0 Å². The van der Waals surface area contributed by atoms with Crippen molar-refractivity contribution >= 4 is 10.9 Å². The van der Waals surface area contributed by atoms with Gasteiger partial charge in [0, 0.05) is 36.0 Å². The van der Waals surface area contributed by atoms with Crippen molar-refractivity contribution in [1.29, 1.82) is 0 Å². The molecule has 4 N–H and O–H groups in total. The molecule has 3 heterocycles. The quantitative estimate of drug-likeness (QED) is 0.612. The number of piperidine rings is 1. The SMILES string of the molecule is NC1CCC(N2CCCC(c3nn(-c4cccc5ccc(=O)[nH]c45)c(=O)[nH]3)C2)CC1. The van der Waals surface area contributed by atoms with Gasteiger partial charge in [-0.05, 0) is 57.2 Å². The summed E-state index contributed by atoms with van der Waals surface area (Å²) in [5.74, 6) is 0.935. The number of rotatable bonds is 3. The highest BCUT2D eigenvalue weighted by molar-refractivity contribution is 5.85. The fourth-order valence-electron chi connectivity index (χ4n) is 5.06. The van der Waals surface area contributed by atoms with Gasteiger partial charge in [-0.1, -0.05) is 12.1 Å². The molecule has 0 bridgehead atoms. The molecule has 1 unspecified atom stereocenters. The molecule has 2 fully saturated rings. The monoisotopic (exact) mass is 408 g/mol. The Labute approximate surface area is 174 Å². The van der Waals surface area contributed by atoms with Crippen LogP contribution in [0.4, 0.5) is 0 Å². The number of pyridine rings is 1. The number of fused-ring (bicyclic) bond motifs is 1. The normalized spacial score (nSPS) is 25.6. The molecule has 0 amide bonds. The van der Waals surface area contributed by atoms with Gasteiger partial charge in [0.2, 0.25) is 5.56 Å². The lowest BCUT2D eigenvalue weighted by Gasteiger charge is -2.40. The Morgan fingerprint density at radius 2 is 1.83 bits per heavy atom. The number of aromatic nitrogens is 4. The van der Waals surface area contributed by atoms with E-state index in [-0.39, 0.29) is 17.2 Å². The zero-order valence-electron chi connectivity index (χ0n) is 17.0. The number of aromatic amines is 2. The molecule has 30 heavy (non-hydrogen) atoms. The summed E-state index contributed by atoms with van der Waals surface area (Å²) >= 11 is 0. The van der Waals surface area contributed by atoms with Crippen LogP contribution < -0.4 is 17.0 Å². The summed E-state index contributed by atoms with van der Waals surface area (Å²) in [5, 5.41) is 5.52. The Balaban J connectivity index is 1.43. The van der Waals surface area contributed by atoms with E-state index in [0.717, 1.165) is 62.8 Å². The second-order valence-corrected chi connectivity index (χ2v) is 8.69. The molecule has 1 aliphatic heterocycles. The zero-order chi connectivity index (χ0) is 20.7. The van der Waals surface area contributed by atoms with Crippen LogP contribution in [0, 0.1) is 0 Å². The lowest BCUT2D eigenvalue weighted by molar-refractivity contribution is 0.112. The molecule has 158 valence electrons. The first-order chi connectivity index (χ1) is 14.6. The van der Waals surface area contributed by atoms with Crippen molar-refractivity contribution in [3.63, 3.8) is 0 Å². The van der Waals surface area contributed by atoms with E-state index in [0.29, 0.717) is 23.3 Å². The summed E-state index contributed by atoms with van der Waals surface area (Å²) < 4.78 is 1.38. The largest absolute Gasteiger partial charge is 0.348 e. The highest BCUT2D eigenvalue weighted by Crippen LogP contribution is 2.30. The molecular formula is C22H28N6O2. The van der Waals surface area contributed by atoms with Crippen LogP contribution >= 0.6 is 0 Å². The topological polar surface area (TPSA) is 113 Å². The van der Waals surface area contributed by atoms with Gasteiger partial charge in [0.1, 0.15) is 5.82 Å². The molecule has 3 aromatic rings. The molecule has 0 radical (unpaired) electrons. The van der Waals surface area contributed by atoms with Gasteiger partial charge in [-0.15, -0.1) is 5.10 Å². The van der Waals surface area contributed by atoms with Crippen LogP contribution in [0.15, 0.2) is 39.9 Å². The number of hydrogen-bond donors (Lipinski definition) is 3. The fourth-order valence-corrected chi connectivity index (χ4v) is 5.06. The third kappa shape index (κ3) is 3.61. The van der Waals surface area contributed by atoms with Gasteiger partial charge < -0.3 is 10.7 Å². The Kier molecular flexibility index (Phi) is 5.04. The van der Waals surface area contributed by atoms with Crippen molar-refractivity contribution in [1.82, 2.24) is 24.6 Å². The van der Waals surface area contributed by atoms with Gasteiger partial charge >= 0.3 is 5.69 Å². The molecular weight excluding hydrogens is 380 g/mol. The molecule has 0 spiro atoms. The maximum Gasteiger partial charge on any atom is 0.348 e. The van der Waals surface area contributed by atoms with Crippen molar-refractivity contribution in [3.8, 4) is 5.69 Å². The van der Waals surface area contributed by atoms with E-state index in [4.69, 9.17) is 5.73 Å². The Morgan fingerprint density at radius 3 is 2.67 bits per heavy atom. The molecule has 1 saturated carbocycles. The maximum absolute atomic E-state index is 12.8. The van der Waals surface area contributed by atoms with Crippen LogP contribution in [0.25, 0.3) is 16.6 Å². The molecule has 1 atom stereocenters. The Hall–Kier alpha value is -2.71. The van der Waals surface area contributed by atoms with E-state index in [1.165, 1.54) is 10.7 Å². The van der Waals surface area contributed by atoms with Crippen LogP contribution in [0.1, 0.15) is 50.3 Å². The minimum Gasteiger partial charge on any atom is -0.328 e. The van der Waals surface area contributed by atoms with Crippen molar-refractivity contribution in [3.05, 3.63) is 57.0 Å². The summed E-state index contributed by atoms with van der Waals surface area (Å²) in [7, 11) is 0. The molecule has 5 rings (SSSR count). The third-order valence-corrected chi connectivity index (χ3v) is 6.70. The van der Waals surface area contributed by atoms with Crippen molar-refractivity contribution in [2.45, 2.75) is 56.5 Å². The summed E-state index contributed by atoms with van der Waals surface area (Å²) in [6, 6.07) is 9.76. The molecule has 8 nitrogen and oxygen atoms in total. The number of H-pyrrole nitrogens is 2. The van der Waals surface area contributed by atoms with Gasteiger partial charge in [0.05, 0.1) is 11.2 Å². The summed E-state index contributed by atoms with van der Waals surface area (Å²) in [4.78, 5) is 33.0. The van der Waals surface area contributed by atoms with Crippen molar-refractivity contribution in [2.75, 3.05) is 13.1 Å². The van der Waals surface area contributed by atoms with Gasteiger partial charge in [-0.2, -0.15) is 4.68 Å². The number of nitrogens with zero attached hydrogens (tertiary/aromatic N) is 3. The summed E-state index contributed by atoms with van der Waals surface area (Å²) in [6.45, 7) is 2.02. The van der Waals surface area contributed by atoms with Gasteiger partial charge in [-0.3, -0.25) is 14.7 Å². The highest BCUT2D eigenvalue weighted by Gasteiger charge is 2.31. The zero-order valence-corrected chi connectivity index (χ0v) is 17.0. The smallest absolute Gasteiger partial charge is 0.328 e. The predicted molar refractivity (Wildman–Crippen MR) is 116 cm³/mol. The van der Waals surface area contributed by atoms with E-state index in [2.05, 4.69) is 20.0 Å². The van der Waals surface area contributed by atoms with E-state index in [9.17, 15) is 9.59 Å². The van der Waals surface area contributed by atoms with Crippen LogP contribution in [0.5, 0.6) is 0 Å². The average molecular weight is 409 g/mol. The molecule has 1 aromatic carbocycles. The van der Waals surface area contributed by atoms with Gasteiger partial charge in [0.15, 0.2) is 0 Å². The van der Waals surface area contributed by atoms with Crippen LogP contribution in [-0.4, -0.2) is 49.8 Å². The van der Waals surface area contributed by atoms with Crippen molar-refractivity contribution in [2.24, 2.45) is 5.73 Å². The maximum atomic E-state index is 12.8. The minimum atomic E-state index is -0.275. The summed E-state index contributed by atoms with van der Waals surface area (Å²) in [5.41, 5.74) is 6.81. The Morgan fingerprint density at radius 1 is 1.00 bits per heavy atom. The first-order valence-electron chi connectivity index (χ1n) is 10.9. The predicted octanol–water partition coefficient (Wildman–Crippen LogP) is 1.85.